The SMILES string of the molecule is CS(=O)(=O)NC[C@@H](O)[C@@H](O)[C@@H]1O[C@@](OCCCn2cc(-c3ccc(-c4ccccc4)cc3)nn2)(C(=O)O)C[C@H](O)[C@H]1NC(=O)CO. The highest BCUT2D eigenvalue weighted by Crippen LogP contribution is 2.34. The summed E-state index contributed by atoms with van der Waals surface area (Å²) in [4.78, 5) is 24.3. The summed E-state index contributed by atoms with van der Waals surface area (Å²) in [5.41, 5.74) is 3.60. The summed E-state index contributed by atoms with van der Waals surface area (Å²) in [7, 11) is -3.78. The summed E-state index contributed by atoms with van der Waals surface area (Å²) in [5.74, 6) is -5.14. The van der Waals surface area contributed by atoms with E-state index in [2.05, 4.69) is 15.6 Å². The van der Waals surface area contributed by atoms with Crippen molar-refractivity contribution in [2.24, 2.45) is 0 Å². The van der Waals surface area contributed by atoms with Gasteiger partial charge in [0.05, 0.1) is 37.3 Å². The number of carbonyl (C=O) groups excluding carboxylic acids is 1. The predicted molar refractivity (Wildman–Crippen MR) is 161 cm³/mol. The highest BCUT2D eigenvalue weighted by molar-refractivity contribution is 7.88. The topological polar surface area (TPSA) is 243 Å². The van der Waals surface area contributed by atoms with E-state index in [1.807, 2.05) is 59.3 Å². The minimum atomic E-state index is -3.78. The Hall–Kier alpha value is -3.81. The number of carboxylic acid groups (broad SMARTS) is 1. The second-order valence-electron chi connectivity index (χ2n) is 10.9. The number of aliphatic hydroxyl groups is 4. The quantitative estimate of drug-likeness (QED) is 0.0936. The van der Waals surface area contributed by atoms with Gasteiger partial charge in [0.1, 0.15) is 24.5 Å². The van der Waals surface area contributed by atoms with Gasteiger partial charge in [-0.1, -0.05) is 59.8 Å². The van der Waals surface area contributed by atoms with E-state index in [1.165, 1.54) is 0 Å². The minimum Gasteiger partial charge on any atom is -0.477 e. The molecule has 250 valence electrons. The number of hydrogen-bond donors (Lipinski definition) is 7. The molecule has 1 saturated heterocycles. The molecule has 0 saturated carbocycles. The Bertz CT molecular complexity index is 1570. The Morgan fingerprint density at radius 2 is 1.76 bits per heavy atom. The van der Waals surface area contributed by atoms with Crippen molar-refractivity contribution in [1.82, 2.24) is 25.0 Å². The highest BCUT2D eigenvalue weighted by Gasteiger charge is 2.55. The van der Waals surface area contributed by atoms with Crippen molar-refractivity contribution in [3.63, 3.8) is 0 Å². The number of aryl methyl sites for hydroxylation is 1. The number of carboxylic acids is 1. The lowest BCUT2D eigenvalue weighted by Gasteiger charge is -2.46. The molecule has 1 fully saturated rings. The fourth-order valence-corrected chi connectivity index (χ4v) is 5.46. The number of aromatic nitrogens is 3. The molecule has 2 aromatic carbocycles. The first-order valence-corrected chi connectivity index (χ1v) is 16.2. The van der Waals surface area contributed by atoms with E-state index in [0.29, 0.717) is 5.69 Å². The lowest BCUT2D eigenvalue weighted by molar-refractivity contribution is -0.310. The number of carbonyl (C=O) groups is 2. The maximum Gasteiger partial charge on any atom is 0.364 e. The van der Waals surface area contributed by atoms with Crippen LogP contribution in [-0.2, 0) is 35.6 Å². The standard InChI is InChI=1S/C29H37N5O11S/c1-46(42,43)30-15-23(37)26(39)27-25(31-24(38)17-35)22(36)14-29(45-27,28(40)41)44-13-5-12-34-16-21(32-33-34)20-10-8-19(9-11-20)18-6-3-2-4-7-18/h2-4,6-11,16,22-23,25-27,30,35-37,39H,5,12-15,17H2,1H3,(H,31,38)(H,40,41)/t22-,23+,25+,26+,27+,29+/m0/s1. The molecule has 1 amide bonds. The van der Waals surface area contributed by atoms with E-state index in [1.54, 1.807) is 10.9 Å². The lowest BCUT2D eigenvalue weighted by Crippen LogP contribution is -2.68. The minimum absolute atomic E-state index is 0.214. The Kier molecular flexibility index (Phi) is 11.6. The first-order valence-electron chi connectivity index (χ1n) is 14.3. The summed E-state index contributed by atoms with van der Waals surface area (Å²) in [5, 5.41) is 61.8. The molecule has 0 spiro atoms. The summed E-state index contributed by atoms with van der Waals surface area (Å²) < 4.78 is 37.7. The average molecular weight is 664 g/mol. The second-order valence-corrected chi connectivity index (χ2v) is 12.7. The Morgan fingerprint density at radius 3 is 2.39 bits per heavy atom. The molecule has 7 N–H and O–H groups in total. The number of aliphatic hydroxyl groups excluding tert-OH is 4. The molecule has 1 aliphatic heterocycles. The van der Waals surface area contributed by atoms with Crippen molar-refractivity contribution in [2.45, 2.75) is 55.6 Å². The van der Waals surface area contributed by atoms with Gasteiger partial charge in [-0.05, 0) is 17.5 Å². The molecule has 4 rings (SSSR count). The number of nitrogens with one attached hydrogen (secondary N) is 2. The summed E-state index contributed by atoms with van der Waals surface area (Å²) in [6, 6.07) is 16.2. The van der Waals surface area contributed by atoms with Crippen molar-refractivity contribution in [1.29, 1.82) is 0 Å². The Morgan fingerprint density at radius 1 is 1.11 bits per heavy atom. The number of nitrogens with zero attached hydrogens (tertiary/aromatic N) is 3. The molecule has 1 aromatic heterocycles. The summed E-state index contributed by atoms with van der Waals surface area (Å²) in [6.07, 6.45) is -5.25. The molecule has 16 nitrogen and oxygen atoms in total. The van der Waals surface area contributed by atoms with Crippen LogP contribution < -0.4 is 10.0 Å². The maximum absolute atomic E-state index is 12.4. The zero-order chi connectivity index (χ0) is 33.5. The van der Waals surface area contributed by atoms with Gasteiger partial charge in [0.15, 0.2) is 0 Å². The monoisotopic (exact) mass is 663 g/mol. The maximum atomic E-state index is 12.4. The molecule has 46 heavy (non-hydrogen) atoms. The van der Waals surface area contributed by atoms with Crippen LogP contribution in [0.4, 0.5) is 0 Å². The van der Waals surface area contributed by atoms with Gasteiger partial charge in [0, 0.05) is 25.1 Å². The van der Waals surface area contributed by atoms with E-state index in [-0.39, 0.29) is 19.6 Å². The zero-order valence-corrected chi connectivity index (χ0v) is 25.7. The number of rotatable bonds is 15. The summed E-state index contributed by atoms with van der Waals surface area (Å²) in [6.45, 7) is -1.62. The molecule has 0 unspecified atom stereocenters. The van der Waals surface area contributed by atoms with Crippen LogP contribution in [0.1, 0.15) is 12.8 Å². The van der Waals surface area contributed by atoms with Crippen LogP contribution in [0.2, 0.25) is 0 Å². The van der Waals surface area contributed by atoms with Gasteiger partial charge in [-0.25, -0.2) is 17.9 Å². The second kappa shape index (κ2) is 15.2. The number of aliphatic carboxylic acids is 1. The first-order chi connectivity index (χ1) is 21.8. The first kappa shape index (κ1) is 35.1. The van der Waals surface area contributed by atoms with E-state index in [9.17, 15) is 38.4 Å². The van der Waals surface area contributed by atoms with Gasteiger partial charge in [-0.2, -0.15) is 0 Å². The molecule has 0 bridgehead atoms. The molecule has 2 heterocycles. The molecule has 1 aliphatic rings. The van der Waals surface area contributed by atoms with Crippen molar-refractivity contribution >= 4 is 21.9 Å². The fourth-order valence-electron chi connectivity index (χ4n) is 4.99. The van der Waals surface area contributed by atoms with Gasteiger partial charge >= 0.3 is 5.97 Å². The largest absolute Gasteiger partial charge is 0.477 e. The third-order valence-electron chi connectivity index (χ3n) is 7.35. The van der Waals surface area contributed by atoms with E-state index in [4.69, 9.17) is 14.6 Å². The predicted octanol–water partition coefficient (Wildman–Crippen LogP) is -1.30. The van der Waals surface area contributed by atoms with Crippen molar-refractivity contribution in [2.75, 3.05) is 26.0 Å². The van der Waals surface area contributed by atoms with Crippen LogP contribution >= 0.6 is 0 Å². The van der Waals surface area contributed by atoms with Crippen molar-refractivity contribution < 1.29 is 53.0 Å². The normalized spacial score (nSPS) is 23.0. The van der Waals surface area contributed by atoms with Crippen LogP contribution in [0.3, 0.4) is 0 Å². The van der Waals surface area contributed by atoms with E-state index in [0.717, 1.165) is 22.9 Å². The van der Waals surface area contributed by atoms with Crippen LogP contribution in [-0.4, -0.2) is 123 Å². The highest BCUT2D eigenvalue weighted by atomic mass is 32.2. The van der Waals surface area contributed by atoms with Gasteiger partial charge in [0.2, 0.25) is 15.9 Å². The van der Waals surface area contributed by atoms with E-state index < -0.39 is 77.7 Å². The Labute approximate surface area is 264 Å². The van der Waals surface area contributed by atoms with Crippen molar-refractivity contribution in [3.8, 4) is 22.4 Å². The molecule has 0 aliphatic carbocycles. The van der Waals surface area contributed by atoms with Gasteiger partial charge in [-0.3, -0.25) is 9.48 Å². The van der Waals surface area contributed by atoms with Crippen molar-refractivity contribution in [3.05, 3.63) is 60.8 Å². The zero-order valence-electron chi connectivity index (χ0n) is 24.8. The molecule has 17 heteroatoms. The molecular formula is C29H37N5O11S. The third kappa shape index (κ3) is 8.92. The van der Waals surface area contributed by atoms with Crippen LogP contribution in [0, 0.1) is 0 Å². The Balaban J connectivity index is 1.40. The van der Waals surface area contributed by atoms with Gasteiger partial charge in [-0.15, -0.1) is 5.10 Å². The smallest absolute Gasteiger partial charge is 0.364 e. The summed E-state index contributed by atoms with van der Waals surface area (Å²) >= 11 is 0. The third-order valence-corrected chi connectivity index (χ3v) is 8.04. The average Bonchev–Trinajstić information content (AvgIpc) is 3.51. The molecule has 6 atom stereocenters. The number of amides is 1. The van der Waals surface area contributed by atoms with Crippen LogP contribution in [0.25, 0.3) is 22.4 Å². The van der Waals surface area contributed by atoms with Gasteiger partial charge < -0.3 is 40.3 Å². The van der Waals surface area contributed by atoms with Crippen LogP contribution in [0.15, 0.2) is 60.8 Å². The molecular weight excluding hydrogens is 626 g/mol. The van der Waals surface area contributed by atoms with E-state index >= 15 is 0 Å². The van der Waals surface area contributed by atoms with Gasteiger partial charge in [0.25, 0.3) is 5.79 Å². The number of benzene rings is 2. The molecule has 3 aromatic rings. The number of hydrogen-bond acceptors (Lipinski definition) is 12. The number of ether oxygens (including phenoxy) is 2. The fraction of sp³-hybridized carbons (Fsp3) is 0.448. The number of sulfonamides is 1. The molecule has 0 radical (unpaired) electrons. The van der Waals surface area contributed by atoms with Crippen LogP contribution in [0.5, 0.6) is 0 Å². The lowest BCUT2D eigenvalue weighted by atomic mass is 9.88.